The Kier molecular flexibility index (Phi) is 6.01. The van der Waals surface area contributed by atoms with Crippen molar-refractivity contribution in [3.05, 3.63) is 29.3 Å². The van der Waals surface area contributed by atoms with E-state index in [1.807, 2.05) is 13.0 Å². The Morgan fingerprint density at radius 1 is 1.08 bits per heavy atom. The Labute approximate surface area is 148 Å². The van der Waals surface area contributed by atoms with Crippen LogP contribution in [0.5, 0.6) is 0 Å². The molecule has 0 radical (unpaired) electrons. The third-order valence-electron chi connectivity index (χ3n) is 4.40. The summed E-state index contributed by atoms with van der Waals surface area (Å²) in [5, 5.41) is 3.14. The third kappa shape index (κ3) is 4.71. The van der Waals surface area contributed by atoms with E-state index < -0.39 is 0 Å². The second-order valence-electron chi connectivity index (χ2n) is 6.47. The molecule has 25 heavy (non-hydrogen) atoms. The number of hydrogen-bond donors (Lipinski definition) is 1. The number of aryl methyl sites for hydroxylation is 1. The van der Waals surface area contributed by atoms with Gasteiger partial charge in [-0.15, -0.1) is 0 Å². The van der Waals surface area contributed by atoms with Crippen molar-refractivity contribution in [2.75, 3.05) is 52.1 Å². The normalized spacial score (nSPS) is 14.2. The molecule has 1 N–H and O–H groups in total. The van der Waals surface area contributed by atoms with E-state index in [4.69, 9.17) is 0 Å². The quantitative estimate of drug-likeness (QED) is 0.875. The molecule has 1 aliphatic rings. The molecule has 1 aromatic carbocycles. The van der Waals surface area contributed by atoms with Gasteiger partial charge in [0.15, 0.2) is 0 Å². The van der Waals surface area contributed by atoms with E-state index in [0.29, 0.717) is 31.7 Å². The van der Waals surface area contributed by atoms with Gasteiger partial charge in [0.2, 0.25) is 11.8 Å². The number of hydrogen-bond acceptors (Lipinski definition) is 4. The van der Waals surface area contributed by atoms with Crippen LogP contribution in [0.3, 0.4) is 0 Å². The highest BCUT2D eigenvalue weighted by molar-refractivity contribution is 5.95. The highest BCUT2D eigenvalue weighted by atomic mass is 16.2. The average Bonchev–Trinajstić information content (AvgIpc) is 2.60. The van der Waals surface area contributed by atoms with E-state index in [9.17, 15) is 14.4 Å². The zero-order valence-corrected chi connectivity index (χ0v) is 15.3. The lowest BCUT2D eigenvalue weighted by atomic mass is 10.1. The Morgan fingerprint density at radius 3 is 2.24 bits per heavy atom. The standard InChI is InChI=1S/C18H26N4O3/c1-13-5-6-15(18(25)20(3)4)11-16(13)19-12-17(24)22-9-7-21(8-10-22)14(2)23/h5-6,11,19H,7-10,12H2,1-4H3. The first-order chi connectivity index (χ1) is 11.8. The minimum atomic E-state index is -0.0743. The first kappa shape index (κ1) is 18.8. The first-order valence-corrected chi connectivity index (χ1v) is 8.39. The second-order valence-corrected chi connectivity index (χ2v) is 6.47. The van der Waals surface area contributed by atoms with Crippen LogP contribution in [0.2, 0.25) is 0 Å². The number of benzene rings is 1. The van der Waals surface area contributed by atoms with E-state index in [-0.39, 0.29) is 24.3 Å². The Balaban J connectivity index is 1.95. The van der Waals surface area contributed by atoms with Crippen molar-refractivity contribution < 1.29 is 14.4 Å². The van der Waals surface area contributed by atoms with Gasteiger partial charge >= 0.3 is 0 Å². The molecule has 3 amide bonds. The summed E-state index contributed by atoms with van der Waals surface area (Å²) in [4.78, 5) is 40.8. The van der Waals surface area contributed by atoms with Gasteiger partial charge in [0, 0.05) is 58.4 Å². The molecule has 7 nitrogen and oxygen atoms in total. The van der Waals surface area contributed by atoms with Crippen LogP contribution in [-0.2, 0) is 9.59 Å². The summed E-state index contributed by atoms with van der Waals surface area (Å²) >= 11 is 0. The van der Waals surface area contributed by atoms with Gasteiger partial charge in [-0.05, 0) is 24.6 Å². The maximum atomic E-state index is 12.4. The number of carbonyl (C=O) groups is 3. The van der Waals surface area contributed by atoms with E-state index in [1.165, 1.54) is 4.90 Å². The zero-order chi connectivity index (χ0) is 18.6. The van der Waals surface area contributed by atoms with Crippen LogP contribution in [0.15, 0.2) is 18.2 Å². The topological polar surface area (TPSA) is 73.0 Å². The van der Waals surface area contributed by atoms with E-state index in [2.05, 4.69) is 5.32 Å². The number of rotatable bonds is 4. The minimum Gasteiger partial charge on any atom is -0.376 e. The van der Waals surface area contributed by atoms with Crippen LogP contribution in [-0.4, -0.2) is 79.2 Å². The van der Waals surface area contributed by atoms with Gasteiger partial charge in [-0.3, -0.25) is 14.4 Å². The van der Waals surface area contributed by atoms with Crippen molar-refractivity contribution >= 4 is 23.4 Å². The molecule has 136 valence electrons. The van der Waals surface area contributed by atoms with Crippen molar-refractivity contribution in [1.29, 1.82) is 0 Å². The van der Waals surface area contributed by atoms with Crippen molar-refractivity contribution in [1.82, 2.24) is 14.7 Å². The predicted molar refractivity (Wildman–Crippen MR) is 96.5 cm³/mol. The average molecular weight is 346 g/mol. The molecule has 1 heterocycles. The van der Waals surface area contributed by atoms with Crippen molar-refractivity contribution in [3.63, 3.8) is 0 Å². The van der Waals surface area contributed by atoms with Gasteiger partial charge in [0.25, 0.3) is 5.91 Å². The highest BCUT2D eigenvalue weighted by Crippen LogP contribution is 2.18. The molecule has 1 aromatic rings. The number of piperazine rings is 1. The fourth-order valence-corrected chi connectivity index (χ4v) is 2.76. The number of amides is 3. The van der Waals surface area contributed by atoms with Gasteiger partial charge < -0.3 is 20.0 Å². The molecule has 0 atom stereocenters. The maximum Gasteiger partial charge on any atom is 0.253 e. The summed E-state index contributed by atoms with van der Waals surface area (Å²) in [6.07, 6.45) is 0. The van der Waals surface area contributed by atoms with E-state index >= 15 is 0 Å². The number of anilines is 1. The SMILES string of the molecule is CC(=O)N1CCN(C(=O)CNc2cc(C(=O)N(C)C)ccc2C)CC1. The van der Waals surface area contributed by atoms with Crippen LogP contribution in [0, 0.1) is 6.92 Å². The molecule has 1 fully saturated rings. The van der Waals surface area contributed by atoms with E-state index in [0.717, 1.165) is 11.3 Å². The summed E-state index contributed by atoms with van der Waals surface area (Å²) in [6.45, 7) is 5.91. The van der Waals surface area contributed by atoms with E-state index in [1.54, 1.807) is 43.0 Å². The fourth-order valence-electron chi connectivity index (χ4n) is 2.76. The number of nitrogens with one attached hydrogen (secondary N) is 1. The number of carbonyl (C=O) groups excluding carboxylic acids is 3. The van der Waals surface area contributed by atoms with Crippen LogP contribution < -0.4 is 5.32 Å². The minimum absolute atomic E-state index is 0.00746. The summed E-state index contributed by atoms with van der Waals surface area (Å²) in [5.41, 5.74) is 2.34. The van der Waals surface area contributed by atoms with Crippen molar-refractivity contribution in [2.45, 2.75) is 13.8 Å². The Morgan fingerprint density at radius 2 is 1.68 bits per heavy atom. The van der Waals surface area contributed by atoms with Crippen LogP contribution >= 0.6 is 0 Å². The van der Waals surface area contributed by atoms with Crippen molar-refractivity contribution in [3.8, 4) is 0 Å². The van der Waals surface area contributed by atoms with Gasteiger partial charge in [-0.25, -0.2) is 0 Å². The lowest BCUT2D eigenvalue weighted by Gasteiger charge is -2.34. The third-order valence-corrected chi connectivity index (χ3v) is 4.40. The molecule has 1 saturated heterocycles. The molecule has 1 aliphatic heterocycles. The summed E-state index contributed by atoms with van der Waals surface area (Å²) in [7, 11) is 3.42. The smallest absolute Gasteiger partial charge is 0.253 e. The van der Waals surface area contributed by atoms with Gasteiger partial charge in [-0.2, -0.15) is 0 Å². The maximum absolute atomic E-state index is 12.4. The molecule has 2 rings (SSSR count). The van der Waals surface area contributed by atoms with Gasteiger partial charge in [-0.1, -0.05) is 6.07 Å². The second kappa shape index (κ2) is 8.00. The molecular weight excluding hydrogens is 320 g/mol. The molecule has 0 aromatic heterocycles. The van der Waals surface area contributed by atoms with Gasteiger partial charge in [0.05, 0.1) is 6.54 Å². The largest absolute Gasteiger partial charge is 0.376 e. The summed E-state index contributed by atoms with van der Waals surface area (Å²) in [6, 6.07) is 5.43. The van der Waals surface area contributed by atoms with Crippen LogP contribution in [0.25, 0.3) is 0 Å². The Hall–Kier alpha value is -2.57. The summed E-state index contributed by atoms with van der Waals surface area (Å²) in [5.74, 6) is -0.0371. The van der Waals surface area contributed by atoms with Crippen molar-refractivity contribution in [2.24, 2.45) is 0 Å². The molecule has 0 saturated carbocycles. The molecular formula is C18H26N4O3. The monoisotopic (exact) mass is 346 g/mol. The molecule has 0 unspecified atom stereocenters. The fraction of sp³-hybridized carbons (Fsp3) is 0.500. The zero-order valence-electron chi connectivity index (χ0n) is 15.3. The predicted octanol–water partition coefficient (Wildman–Crippen LogP) is 0.799. The number of nitrogens with zero attached hydrogens (tertiary/aromatic N) is 3. The van der Waals surface area contributed by atoms with Gasteiger partial charge in [0.1, 0.15) is 0 Å². The van der Waals surface area contributed by atoms with Crippen LogP contribution in [0.4, 0.5) is 5.69 Å². The molecule has 0 spiro atoms. The first-order valence-electron chi connectivity index (χ1n) is 8.39. The Bertz CT molecular complexity index is 664. The lowest BCUT2D eigenvalue weighted by molar-refractivity contribution is -0.137. The molecule has 0 bridgehead atoms. The lowest BCUT2D eigenvalue weighted by Crippen LogP contribution is -2.51. The molecule has 0 aliphatic carbocycles. The molecule has 7 heteroatoms. The van der Waals surface area contributed by atoms with Crippen LogP contribution in [0.1, 0.15) is 22.8 Å². The highest BCUT2D eigenvalue weighted by Gasteiger charge is 2.22. The summed E-state index contributed by atoms with van der Waals surface area (Å²) < 4.78 is 0.